The molecule has 0 aliphatic rings. The van der Waals surface area contributed by atoms with Crippen LogP contribution in [-0.4, -0.2) is 41.2 Å². The number of hydrogen-bond donors (Lipinski definition) is 1. The molecule has 0 aliphatic carbocycles. The zero-order chi connectivity index (χ0) is 15.4. The predicted molar refractivity (Wildman–Crippen MR) is 69.1 cm³/mol. The zero-order valence-corrected chi connectivity index (χ0v) is 12.0. The summed E-state index contributed by atoms with van der Waals surface area (Å²) in [5.74, 6) is 0. The summed E-state index contributed by atoms with van der Waals surface area (Å²) < 4.78 is 51.3. The average Bonchev–Trinajstić information content (AvgIpc) is 2.34. The summed E-state index contributed by atoms with van der Waals surface area (Å²) in [6.07, 6.45) is 0.845. The van der Waals surface area contributed by atoms with Gasteiger partial charge in [0, 0.05) is 18.7 Å². The molecule has 1 rings (SSSR count). The van der Waals surface area contributed by atoms with Gasteiger partial charge in [-0.3, -0.25) is 14.3 Å². The Balaban J connectivity index is 2.67. The Kier molecular flexibility index (Phi) is 5.16. The minimum Gasteiger partial charge on any atom is -0.269 e. The molecule has 112 valence electrons. The molecule has 0 heterocycles. The largest absolute Gasteiger partial charge is 0.269 e. The Morgan fingerprint density at radius 1 is 1.20 bits per heavy atom. The molecule has 0 saturated carbocycles. The fourth-order valence-corrected chi connectivity index (χ4v) is 2.60. The van der Waals surface area contributed by atoms with E-state index in [1.54, 1.807) is 0 Å². The summed E-state index contributed by atoms with van der Waals surface area (Å²) in [5.41, 5.74) is -0.232. The van der Waals surface area contributed by atoms with Gasteiger partial charge >= 0.3 is 0 Å². The molecular weight excluding hydrogens is 312 g/mol. The molecule has 20 heavy (non-hydrogen) atoms. The summed E-state index contributed by atoms with van der Waals surface area (Å²) in [4.78, 5) is 9.62. The van der Waals surface area contributed by atoms with Crippen molar-refractivity contribution in [3.8, 4) is 0 Å². The van der Waals surface area contributed by atoms with Gasteiger partial charge in [0.2, 0.25) is 10.0 Å². The van der Waals surface area contributed by atoms with E-state index in [-0.39, 0.29) is 23.7 Å². The van der Waals surface area contributed by atoms with Gasteiger partial charge in [0.15, 0.2) is 0 Å². The second-order valence-corrected chi connectivity index (χ2v) is 7.09. The lowest BCUT2D eigenvalue weighted by molar-refractivity contribution is -0.384. The highest BCUT2D eigenvalue weighted by atomic mass is 32.2. The number of sulfonamides is 1. The molecule has 0 atom stereocenters. The van der Waals surface area contributed by atoms with Crippen molar-refractivity contribution >= 4 is 25.8 Å². The average molecular weight is 324 g/mol. The summed E-state index contributed by atoms with van der Waals surface area (Å²) in [5, 5.41) is 10.4. The number of nitro benzene ring substituents is 1. The van der Waals surface area contributed by atoms with Crippen LogP contribution in [0.25, 0.3) is 0 Å². The molecule has 1 aromatic carbocycles. The molecule has 0 amide bonds. The Hall–Kier alpha value is -1.56. The third-order valence-corrected chi connectivity index (χ3v) is 4.12. The van der Waals surface area contributed by atoms with E-state index in [4.69, 9.17) is 0 Å². The fraction of sp³-hybridized carbons (Fsp3) is 0.333. The zero-order valence-electron chi connectivity index (χ0n) is 10.3. The predicted octanol–water partition coefficient (Wildman–Crippen LogP) is -0.151. The van der Waals surface area contributed by atoms with Crippen molar-refractivity contribution in [2.75, 3.05) is 19.4 Å². The highest BCUT2D eigenvalue weighted by molar-refractivity contribution is 7.89. The SMILES string of the molecule is CS(=O)(=O)OCCNS(=O)(=O)c1ccc([N+](=O)[O-])cc1. The minimum atomic E-state index is -3.87. The first-order valence-electron chi connectivity index (χ1n) is 5.20. The van der Waals surface area contributed by atoms with Crippen molar-refractivity contribution in [2.45, 2.75) is 4.90 Å². The van der Waals surface area contributed by atoms with Crippen LogP contribution >= 0.6 is 0 Å². The Bertz CT molecular complexity index is 680. The van der Waals surface area contributed by atoms with Crippen molar-refractivity contribution < 1.29 is 25.9 Å². The van der Waals surface area contributed by atoms with Gasteiger partial charge in [0.25, 0.3) is 15.8 Å². The normalized spacial score (nSPS) is 12.2. The molecular formula is C9H12N2O7S2. The smallest absolute Gasteiger partial charge is 0.269 e. The summed E-state index contributed by atoms with van der Waals surface area (Å²) in [6, 6.07) is 4.28. The maximum Gasteiger partial charge on any atom is 0.269 e. The molecule has 9 nitrogen and oxygen atoms in total. The first kappa shape index (κ1) is 16.5. The van der Waals surface area contributed by atoms with Gasteiger partial charge in [-0.2, -0.15) is 8.42 Å². The molecule has 0 aromatic heterocycles. The third kappa shape index (κ3) is 5.21. The molecule has 1 N–H and O–H groups in total. The third-order valence-electron chi connectivity index (χ3n) is 2.05. The van der Waals surface area contributed by atoms with Gasteiger partial charge in [-0.05, 0) is 12.1 Å². The van der Waals surface area contributed by atoms with Crippen LogP contribution < -0.4 is 4.72 Å². The van der Waals surface area contributed by atoms with Gasteiger partial charge in [-0.25, -0.2) is 13.1 Å². The van der Waals surface area contributed by atoms with E-state index in [9.17, 15) is 26.9 Å². The summed E-state index contributed by atoms with van der Waals surface area (Å²) in [7, 11) is -7.50. The Morgan fingerprint density at radius 2 is 1.75 bits per heavy atom. The van der Waals surface area contributed by atoms with E-state index in [1.807, 2.05) is 0 Å². The lowest BCUT2D eigenvalue weighted by Crippen LogP contribution is -2.28. The number of nitrogens with one attached hydrogen (secondary N) is 1. The number of nitro groups is 1. The number of non-ortho nitro benzene ring substituents is 1. The molecule has 0 radical (unpaired) electrons. The molecule has 0 saturated heterocycles. The van der Waals surface area contributed by atoms with Crippen LogP contribution in [0.2, 0.25) is 0 Å². The molecule has 0 bridgehead atoms. The lowest BCUT2D eigenvalue weighted by Gasteiger charge is -2.06. The van der Waals surface area contributed by atoms with E-state index in [1.165, 1.54) is 0 Å². The number of benzene rings is 1. The lowest BCUT2D eigenvalue weighted by atomic mass is 10.3. The van der Waals surface area contributed by atoms with Crippen LogP contribution in [0.15, 0.2) is 29.2 Å². The number of rotatable bonds is 7. The highest BCUT2D eigenvalue weighted by Crippen LogP contribution is 2.15. The standard InChI is InChI=1S/C9H12N2O7S2/c1-19(14,15)18-7-6-10-20(16,17)9-4-2-8(3-5-9)11(12)13/h2-5,10H,6-7H2,1H3. The van der Waals surface area contributed by atoms with Crippen LogP contribution in [-0.2, 0) is 24.3 Å². The quantitative estimate of drug-likeness (QED) is 0.319. The summed E-state index contributed by atoms with van der Waals surface area (Å²) in [6.45, 7) is -0.586. The van der Waals surface area contributed by atoms with Crippen molar-refractivity contribution in [1.82, 2.24) is 4.72 Å². The first-order valence-corrected chi connectivity index (χ1v) is 8.50. The topological polar surface area (TPSA) is 133 Å². The van der Waals surface area contributed by atoms with Crippen LogP contribution in [0.4, 0.5) is 5.69 Å². The Labute approximate surface area is 115 Å². The highest BCUT2D eigenvalue weighted by Gasteiger charge is 2.15. The van der Waals surface area contributed by atoms with Gasteiger partial charge in [0.1, 0.15) is 0 Å². The van der Waals surface area contributed by atoms with Crippen molar-refractivity contribution in [3.63, 3.8) is 0 Å². The van der Waals surface area contributed by atoms with Gasteiger partial charge < -0.3 is 0 Å². The van der Waals surface area contributed by atoms with Crippen LogP contribution in [0, 0.1) is 10.1 Å². The molecule has 0 aliphatic heterocycles. The number of nitrogens with zero attached hydrogens (tertiary/aromatic N) is 1. The first-order chi connectivity index (χ1) is 9.12. The van der Waals surface area contributed by atoms with Crippen molar-refractivity contribution in [1.29, 1.82) is 0 Å². The van der Waals surface area contributed by atoms with E-state index in [2.05, 4.69) is 8.91 Å². The van der Waals surface area contributed by atoms with E-state index in [0.29, 0.717) is 0 Å². The molecule has 0 unspecified atom stereocenters. The van der Waals surface area contributed by atoms with E-state index in [0.717, 1.165) is 30.5 Å². The fourth-order valence-electron chi connectivity index (χ4n) is 1.20. The van der Waals surface area contributed by atoms with Crippen LogP contribution in [0.1, 0.15) is 0 Å². The molecule has 11 heteroatoms. The Morgan fingerprint density at radius 3 is 2.20 bits per heavy atom. The summed E-state index contributed by atoms with van der Waals surface area (Å²) >= 11 is 0. The van der Waals surface area contributed by atoms with E-state index >= 15 is 0 Å². The molecule has 1 aromatic rings. The van der Waals surface area contributed by atoms with Gasteiger partial charge in [0.05, 0.1) is 22.7 Å². The van der Waals surface area contributed by atoms with Crippen LogP contribution in [0.5, 0.6) is 0 Å². The van der Waals surface area contributed by atoms with Crippen molar-refractivity contribution in [3.05, 3.63) is 34.4 Å². The maximum atomic E-state index is 11.8. The van der Waals surface area contributed by atoms with Gasteiger partial charge in [-0.15, -0.1) is 0 Å². The molecule has 0 spiro atoms. The second-order valence-electron chi connectivity index (χ2n) is 3.67. The van der Waals surface area contributed by atoms with Crippen LogP contribution in [0.3, 0.4) is 0 Å². The monoisotopic (exact) mass is 324 g/mol. The number of hydrogen-bond acceptors (Lipinski definition) is 7. The maximum absolute atomic E-state index is 11.8. The van der Waals surface area contributed by atoms with Crippen molar-refractivity contribution in [2.24, 2.45) is 0 Å². The van der Waals surface area contributed by atoms with Gasteiger partial charge in [-0.1, -0.05) is 0 Å². The second kappa shape index (κ2) is 6.26. The molecule has 0 fully saturated rings. The minimum absolute atomic E-state index is 0.164. The van der Waals surface area contributed by atoms with E-state index < -0.39 is 25.1 Å².